The van der Waals surface area contributed by atoms with Gasteiger partial charge in [-0.15, -0.1) is 12.4 Å². The summed E-state index contributed by atoms with van der Waals surface area (Å²) in [6.07, 6.45) is 3.09. The lowest BCUT2D eigenvalue weighted by atomic mass is 10.1. The van der Waals surface area contributed by atoms with Gasteiger partial charge in [0, 0.05) is 29.1 Å². The molecule has 3 nitrogen and oxygen atoms in total. The van der Waals surface area contributed by atoms with Crippen molar-refractivity contribution in [2.45, 2.75) is 13.0 Å². The smallest absolute Gasteiger partial charge is 0.0758 e. The largest absolute Gasteiger partial charge is 0.330 e. The monoisotopic (exact) mass is 355 g/mol. The van der Waals surface area contributed by atoms with Gasteiger partial charge >= 0.3 is 0 Å². The molecule has 3 rings (SSSR count). The maximum absolute atomic E-state index is 5.75. The summed E-state index contributed by atoms with van der Waals surface area (Å²) >= 11 is 3.59. The number of fused-ring (bicyclic) bond motifs is 1. The molecule has 2 heterocycles. The Morgan fingerprint density at radius 3 is 2.95 bits per heavy atom. The van der Waals surface area contributed by atoms with Crippen molar-refractivity contribution in [3.63, 3.8) is 0 Å². The van der Waals surface area contributed by atoms with Crippen LogP contribution in [-0.2, 0) is 6.54 Å². The third-order valence-electron chi connectivity index (χ3n) is 3.90. The molecule has 108 valence electrons. The summed E-state index contributed by atoms with van der Waals surface area (Å²) in [7, 11) is 0. The van der Waals surface area contributed by atoms with E-state index in [4.69, 9.17) is 5.73 Å². The van der Waals surface area contributed by atoms with Gasteiger partial charge in [0.15, 0.2) is 0 Å². The van der Waals surface area contributed by atoms with E-state index in [0.29, 0.717) is 5.92 Å². The van der Waals surface area contributed by atoms with Crippen molar-refractivity contribution in [1.29, 1.82) is 0 Å². The molecule has 1 saturated heterocycles. The number of likely N-dealkylation sites (tertiary alicyclic amines) is 1. The normalized spacial score (nSPS) is 19.2. The molecule has 1 aliphatic rings. The predicted octanol–water partition coefficient (Wildman–Crippen LogP) is 3.20. The zero-order valence-corrected chi connectivity index (χ0v) is 13.7. The summed E-state index contributed by atoms with van der Waals surface area (Å²) in [5.74, 6) is 0.662. The van der Waals surface area contributed by atoms with Gasteiger partial charge in [-0.05, 0) is 43.1 Å². The van der Waals surface area contributed by atoms with Gasteiger partial charge < -0.3 is 5.73 Å². The van der Waals surface area contributed by atoms with Gasteiger partial charge in [-0.2, -0.15) is 0 Å². The molecule has 1 aromatic carbocycles. The zero-order valence-electron chi connectivity index (χ0n) is 11.3. The van der Waals surface area contributed by atoms with Crippen LogP contribution in [0.3, 0.4) is 0 Å². The molecule has 0 radical (unpaired) electrons. The molecule has 1 aliphatic heterocycles. The fourth-order valence-corrected chi connectivity index (χ4v) is 3.27. The van der Waals surface area contributed by atoms with Gasteiger partial charge in [0.25, 0.3) is 0 Å². The maximum Gasteiger partial charge on any atom is 0.0758 e. The van der Waals surface area contributed by atoms with Crippen LogP contribution in [0.25, 0.3) is 10.9 Å². The van der Waals surface area contributed by atoms with E-state index < -0.39 is 0 Å². The Morgan fingerprint density at radius 1 is 1.35 bits per heavy atom. The standard InChI is InChI=1S/C15H18BrN3.ClH/c16-14-4-3-12(15-13(14)2-1-6-18-15)10-19-7-5-11(8-17)9-19;/h1-4,6,11H,5,7-10,17H2;1H. The van der Waals surface area contributed by atoms with E-state index in [-0.39, 0.29) is 12.4 Å². The SMILES string of the molecule is Cl.NCC1CCN(Cc2ccc(Br)c3cccnc23)C1. The van der Waals surface area contributed by atoms with Crippen LogP contribution in [0.5, 0.6) is 0 Å². The van der Waals surface area contributed by atoms with Crippen LogP contribution in [-0.4, -0.2) is 29.5 Å². The summed E-state index contributed by atoms with van der Waals surface area (Å²) < 4.78 is 1.11. The van der Waals surface area contributed by atoms with E-state index in [1.165, 1.54) is 17.4 Å². The van der Waals surface area contributed by atoms with Crippen LogP contribution in [0.4, 0.5) is 0 Å². The first-order chi connectivity index (χ1) is 9.28. The van der Waals surface area contributed by atoms with E-state index in [1.54, 1.807) is 0 Å². The van der Waals surface area contributed by atoms with Crippen LogP contribution in [0.15, 0.2) is 34.9 Å². The average molecular weight is 357 g/mol. The second-order valence-electron chi connectivity index (χ2n) is 5.23. The molecule has 0 bridgehead atoms. The molecule has 0 saturated carbocycles. The average Bonchev–Trinajstić information content (AvgIpc) is 2.90. The molecule has 20 heavy (non-hydrogen) atoms. The Kier molecular flexibility index (Phi) is 5.38. The first kappa shape index (κ1) is 15.7. The Hall–Kier alpha value is -0.680. The highest BCUT2D eigenvalue weighted by Gasteiger charge is 2.21. The number of nitrogens with two attached hydrogens (primary N) is 1. The summed E-state index contributed by atoms with van der Waals surface area (Å²) in [6.45, 7) is 4.03. The molecular formula is C15H19BrClN3. The molecule has 1 unspecified atom stereocenters. The van der Waals surface area contributed by atoms with Crippen LogP contribution < -0.4 is 5.73 Å². The van der Waals surface area contributed by atoms with Crippen LogP contribution >= 0.6 is 28.3 Å². The van der Waals surface area contributed by atoms with Gasteiger partial charge in [0.05, 0.1) is 5.52 Å². The minimum Gasteiger partial charge on any atom is -0.330 e. The topological polar surface area (TPSA) is 42.1 Å². The summed E-state index contributed by atoms with van der Waals surface area (Å²) in [6, 6.07) is 8.39. The molecule has 5 heteroatoms. The molecule has 0 amide bonds. The summed E-state index contributed by atoms with van der Waals surface area (Å²) in [4.78, 5) is 7.02. The van der Waals surface area contributed by atoms with Gasteiger partial charge in [0.2, 0.25) is 0 Å². The van der Waals surface area contributed by atoms with Crippen LogP contribution in [0.1, 0.15) is 12.0 Å². The number of benzene rings is 1. The number of aromatic nitrogens is 1. The number of pyridine rings is 1. The van der Waals surface area contributed by atoms with Crippen LogP contribution in [0.2, 0.25) is 0 Å². The molecule has 0 spiro atoms. The maximum atomic E-state index is 5.75. The Bertz CT molecular complexity index is 590. The van der Waals surface area contributed by atoms with E-state index in [0.717, 1.165) is 36.2 Å². The zero-order chi connectivity index (χ0) is 13.2. The van der Waals surface area contributed by atoms with Crippen molar-refractivity contribution in [2.24, 2.45) is 11.7 Å². The van der Waals surface area contributed by atoms with Gasteiger partial charge in [-0.3, -0.25) is 9.88 Å². The van der Waals surface area contributed by atoms with Crippen molar-refractivity contribution in [3.05, 3.63) is 40.5 Å². The fourth-order valence-electron chi connectivity index (χ4n) is 2.81. The van der Waals surface area contributed by atoms with Crippen molar-refractivity contribution in [3.8, 4) is 0 Å². The molecule has 2 aromatic rings. The van der Waals surface area contributed by atoms with Gasteiger partial charge in [0.1, 0.15) is 0 Å². The Morgan fingerprint density at radius 2 is 2.20 bits per heavy atom. The predicted molar refractivity (Wildman–Crippen MR) is 89.1 cm³/mol. The lowest BCUT2D eigenvalue weighted by Gasteiger charge is -2.17. The Balaban J connectivity index is 0.00000147. The number of hydrogen-bond donors (Lipinski definition) is 1. The van der Waals surface area contributed by atoms with E-state index in [9.17, 15) is 0 Å². The highest BCUT2D eigenvalue weighted by molar-refractivity contribution is 9.10. The summed E-state index contributed by atoms with van der Waals surface area (Å²) in [5.41, 5.74) is 8.16. The number of nitrogens with zero attached hydrogens (tertiary/aromatic N) is 2. The highest BCUT2D eigenvalue weighted by Crippen LogP contribution is 2.27. The number of rotatable bonds is 3. The van der Waals surface area contributed by atoms with Crippen molar-refractivity contribution < 1.29 is 0 Å². The van der Waals surface area contributed by atoms with Crippen molar-refractivity contribution in [1.82, 2.24) is 9.88 Å². The number of halogens is 2. The molecule has 1 aromatic heterocycles. The third-order valence-corrected chi connectivity index (χ3v) is 4.59. The summed E-state index contributed by atoms with van der Waals surface area (Å²) in [5, 5.41) is 1.19. The van der Waals surface area contributed by atoms with Crippen molar-refractivity contribution in [2.75, 3.05) is 19.6 Å². The van der Waals surface area contributed by atoms with Crippen LogP contribution in [0, 0.1) is 5.92 Å². The van der Waals surface area contributed by atoms with E-state index in [1.807, 2.05) is 12.3 Å². The minimum atomic E-state index is 0. The van der Waals surface area contributed by atoms with E-state index >= 15 is 0 Å². The minimum absolute atomic E-state index is 0. The lowest BCUT2D eigenvalue weighted by Crippen LogP contribution is -2.23. The second kappa shape index (κ2) is 6.85. The molecule has 1 fully saturated rings. The van der Waals surface area contributed by atoms with Crippen molar-refractivity contribution >= 4 is 39.2 Å². The quantitative estimate of drug-likeness (QED) is 0.918. The lowest BCUT2D eigenvalue weighted by molar-refractivity contribution is 0.319. The molecule has 2 N–H and O–H groups in total. The van der Waals surface area contributed by atoms with Gasteiger partial charge in [-0.25, -0.2) is 0 Å². The second-order valence-corrected chi connectivity index (χ2v) is 6.09. The molecule has 1 atom stereocenters. The molecular weight excluding hydrogens is 338 g/mol. The molecule has 0 aliphatic carbocycles. The third kappa shape index (κ3) is 3.14. The van der Waals surface area contributed by atoms with E-state index in [2.05, 4.69) is 44.0 Å². The Labute approximate surface area is 134 Å². The fraction of sp³-hybridized carbons (Fsp3) is 0.400. The first-order valence-electron chi connectivity index (χ1n) is 6.72. The van der Waals surface area contributed by atoms with Gasteiger partial charge in [-0.1, -0.05) is 28.1 Å². The highest BCUT2D eigenvalue weighted by atomic mass is 79.9. The first-order valence-corrected chi connectivity index (χ1v) is 7.52. The number of hydrogen-bond acceptors (Lipinski definition) is 3.